The van der Waals surface area contributed by atoms with E-state index in [1.54, 1.807) is 0 Å². The van der Waals surface area contributed by atoms with Crippen molar-refractivity contribution >= 4 is 32.8 Å². The maximum absolute atomic E-state index is 4.39. The van der Waals surface area contributed by atoms with Crippen LogP contribution in [-0.2, 0) is 6.54 Å². The van der Waals surface area contributed by atoms with Crippen molar-refractivity contribution in [2.45, 2.75) is 13.0 Å². The van der Waals surface area contributed by atoms with Gasteiger partial charge in [0.2, 0.25) is 0 Å². The molecule has 1 aromatic carbocycles. The van der Waals surface area contributed by atoms with Gasteiger partial charge in [0, 0.05) is 34.2 Å². The Morgan fingerprint density at radius 1 is 1.33 bits per heavy atom. The molecule has 0 saturated heterocycles. The molecule has 1 aliphatic heterocycles. The number of guanidine groups is 1. The van der Waals surface area contributed by atoms with Gasteiger partial charge in [-0.05, 0) is 30.7 Å². The predicted octanol–water partition coefficient (Wildman–Crippen LogP) is 2.37. The molecule has 0 aliphatic carbocycles. The van der Waals surface area contributed by atoms with Crippen molar-refractivity contribution in [2.24, 2.45) is 4.99 Å². The number of benzene rings is 1. The molecule has 94 valence electrons. The third-order valence-electron chi connectivity index (χ3n) is 2.98. The largest absolute Gasteiger partial charge is 0.357 e. The van der Waals surface area contributed by atoms with Crippen molar-refractivity contribution in [3.63, 3.8) is 0 Å². The standard InChI is InChI=1S/C13H15BrN4/c14-10-2-3-12-9(6-10)7-11(18-12)8-17-13-15-4-1-5-16-13/h2-3,6-7,18H,1,4-5,8H2,(H2,15,16,17). The van der Waals surface area contributed by atoms with Gasteiger partial charge in [-0.3, -0.25) is 4.99 Å². The third-order valence-corrected chi connectivity index (χ3v) is 3.48. The Morgan fingerprint density at radius 3 is 3.11 bits per heavy atom. The lowest BCUT2D eigenvalue weighted by atomic mass is 10.2. The molecule has 4 nitrogen and oxygen atoms in total. The van der Waals surface area contributed by atoms with Gasteiger partial charge < -0.3 is 15.6 Å². The van der Waals surface area contributed by atoms with E-state index in [4.69, 9.17) is 0 Å². The minimum atomic E-state index is 0.762. The van der Waals surface area contributed by atoms with Crippen LogP contribution in [0, 0.1) is 0 Å². The zero-order valence-electron chi connectivity index (χ0n) is 9.96. The number of rotatable bonds is 2. The zero-order valence-corrected chi connectivity index (χ0v) is 11.5. The van der Waals surface area contributed by atoms with Crippen LogP contribution >= 0.6 is 15.9 Å². The second-order valence-electron chi connectivity index (χ2n) is 4.39. The number of aromatic nitrogens is 1. The summed E-state index contributed by atoms with van der Waals surface area (Å²) in [5.41, 5.74) is 2.33. The average Bonchev–Trinajstić information content (AvgIpc) is 2.79. The van der Waals surface area contributed by atoms with Crippen LogP contribution in [0.5, 0.6) is 0 Å². The molecular formula is C13H15BrN4. The smallest absolute Gasteiger partial charge is 0.191 e. The van der Waals surface area contributed by atoms with Crippen molar-refractivity contribution in [1.82, 2.24) is 15.6 Å². The summed E-state index contributed by atoms with van der Waals surface area (Å²) in [4.78, 5) is 7.78. The van der Waals surface area contributed by atoms with Gasteiger partial charge in [-0.2, -0.15) is 0 Å². The highest BCUT2D eigenvalue weighted by molar-refractivity contribution is 9.10. The Morgan fingerprint density at radius 2 is 2.28 bits per heavy atom. The van der Waals surface area contributed by atoms with Gasteiger partial charge in [0.15, 0.2) is 5.96 Å². The number of aliphatic imine (C=N–C) groups is 1. The summed E-state index contributed by atoms with van der Waals surface area (Å²) in [6, 6.07) is 8.41. The van der Waals surface area contributed by atoms with Crippen molar-refractivity contribution in [3.8, 4) is 0 Å². The lowest BCUT2D eigenvalue weighted by Gasteiger charge is -2.15. The van der Waals surface area contributed by atoms with Crippen molar-refractivity contribution < 1.29 is 0 Å². The van der Waals surface area contributed by atoms with Crippen LogP contribution in [0.3, 0.4) is 0 Å². The Balaban J connectivity index is 1.72. The molecule has 0 fully saturated rings. The molecule has 0 atom stereocenters. The predicted molar refractivity (Wildman–Crippen MR) is 77.8 cm³/mol. The molecule has 0 unspecified atom stereocenters. The molecule has 5 heteroatoms. The molecule has 0 saturated carbocycles. The summed E-state index contributed by atoms with van der Waals surface area (Å²) in [5, 5.41) is 7.78. The maximum Gasteiger partial charge on any atom is 0.191 e. The molecule has 2 aromatic rings. The third kappa shape index (κ3) is 2.51. The van der Waals surface area contributed by atoms with Crippen LogP contribution in [0.25, 0.3) is 10.9 Å². The molecule has 2 heterocycles. The monoisotopic (exact) mass is 306 g/mol. The Bertz CT molecular complexity index is 588. The quantitative estimate of drug-likeness (QED) is 0.798. The van der Waals surface area contributed by atoms with Crippen molar-refractivity contribution in [3.05, 3.63) is 34.4 Å². The summed E-state index contributed by atoms with van der Waals surface area (Å²) in [6.45, 7) is 2.68. The summed E-state index contributed by atoms with van der Waals surface area (Å²) in [7, 11) is 0. The normalized spacial score (nSPS) is 15.3. The fraction of sp³-hybridized carbons (Fsp3) is 0.308. The number of hydrogen-bond acceptors (Lipinski definition) is 3. The van der Waals surface area contributed by atoms with Crippen LogP contribution in [0.4, 0.5) is 0 Å². The number of nitrogens with zero attached hydrogens (tertiary/aromatic N) is 1. The average molecular weight is 307 g/mol. The summed E-state index contributed by atoms with van der Waals surface area (Å²) >= 11 is 3.48. The van der Waals surface area contributed by atoms with Gasteiger partial charge in [-0.15, -0.1) is 0 Å². The van der Waals surface area contributed by atoms with E-state index < -0.39 is 0 Å². The van der Waals surface area contributed by atoms with E-state index in [2.05, 4.69) is 54.7 Å². The maximum atomic E-state index is 4.39. The first-order valence-corrected chi connectivity index (χ1v) is 6.90. The van der Waals surface area contributed by atoms with Crippen LogP contribution < -0.4 is 10.6 Å². The van der Waals surface area contributed by atoms with Gasteiger partial charge in [0.05, 0.1) is 6.54 Å². The molecule has 0 spiro atoms. The van der Waals surface area contributed by atoms with Gasteiger partial charge in [-0.25, -0.2) is 0 Å². The number of H-pyrrole nitrogens is 1. The molecule has 1 aliphatic rings. The molecule has 3 N–H and O–H groups in total. The molecule has 18 heavy (non-hydrogen) atoms. The lowest BCUT2D eigenvalue weighted by Crippen LogP contribution is -2.40. The number of aromatic amines is 1. The first-order chi connectivity index (χ1) is 8.81. The van der Waals surface area contributed by atoms with Gasteiger partial charge in [0.25, 0.3) is 0 Å². The van der Waals surface area contributed by atoms with Gasteiger partial charge in [-0.1, -0.05) is 15.9 Å². The summed E-state index contributed by atoms with van der Waals surface area (Å²) < 4.78 is 1.10. The van der Waals surface area contributed by atoms with Crippen LogP contribution in [0.2, 0.25) is 0 Å². The van der Waals surface area contributed by atoms with E-state index in [1.165, 1.54) is 5.39 Å². The second-order valence-corrected chi connectivity index (χ2v) is 5.31. The Hall–Kier alpha value is -1.49. The fourth-order valence-corrected chi connectivity index (χ4v) is 2.47. The van der Waals surface area contributed by atoms with E-state index in [0.717, 1.165) is 47.7 Å². The summed E-state index contributed by atoms with van der Waals surface area (Å²) in [5.74, 6) is 0.904. The van der Waals surface area contributed by atoms with E-state index in [-0.39, 0.29) is 0 Å². The highest BCUT2D eigenvalue weighted by Gasteiger charge is 2.05. The molecule has 0 amide bonds. The van der Waals surface area contributed by atoms with Gasteiger partial charge >= 0.3 is 0 Å². The van der Waals surface area contributed by atoms with E-state index in [9.17, 15) is 0 Å². The topological polar surface area (TPSA) is 52.2 Å². The van der Waals surface area contributed by atoms with Crippen molar-refractivity contribution in [1.29, 1.82) is 0 Å². The highest BCUT2D eigenvalue weighted by atomic mass is 79.9. The molecule has 0 radical (unpaired) electrons. The first kappa shape index (κ1) is 11.6. The van der Waals surface area contributed by atoms with E-state index in [1.807, 2.05) is 6.07 Å². The van der Waals surface area contributed by atoms with Crippen LogP contribution in [0.1, 0.15) is 12.1 Å². The minimum absolute atomic E-state index is 0.762. The SMILES string of the molecule is Brc1ccc2[nH]c(CNC3=NCCCN3)cc2c1. The molecule has 0 bridgehead atoms. The van der Waals surface area contributed by atoms with Crippen LogP contribution in [-0.4, -0.2) is 24.0 Å². The first-order valence-electron chi connectivity index (χ1n) is 6.10. The van der Waals surface area contributed by atoms with Crippen LogP contribution in [0.15, 0.2) is 33.7 Å². The molecular weight excluding hydrogens is 292 g/mol. The second kappa shape index (κ2) is 5.02. The van der Waals surface area contributed by atoms with Crippen molar-refractivity contribution in [2.75, 3.05) is 13.1 Å². The number of hydrogen-bond donors (Lipinski definition) is 3. The Kier molecular flexibility index (Phi) is 3.23. The number of fused-ring (bicyclic) bond motifs is 1. The summed E-state index contributed by atoms with van der Waals surface area (Å²) in [6.07, 6.45) is 1.12. The Labute approximate surface area is 114 Å². The minimum Gasteiger partial charge on any atom is -0.357 e. The number of nitrogens with one attached hydrogen (secondary N) is 3. The number of halogens is 1. The molecule has 3 rings (SSSR count). The molecule has 1 aromatic heterocycles. The van der Waals surface area contributed by atoms with Gasteiger partial charge in [0.1, 0.15) is 0 Å². The van der Waals surface area contributed by atoms with E-state index in [0.29, 0.717) is 0 Å². The highest BCUT2D eigenvalue weighted by Crippen LogP contribution is 2.20. The fourth-order valence-electron chi connectivity index (χ4n) is 2.09. The lowest BCUT2D eigenvalue weighted by molar-refractivity contribution is 0.699. The van der Waals surface area contributed by atoms with E-state index >= 15 is 0 Å². The zero-order chi connectivity index (χ0) is 12.4.